The van der Waals surface area contributed by atoms with Crippen LogP contribution in [0.25, 0.3) is 0 Å². The molecule has 0 rings (SSSR count). The van der Waals surface area contributed by atoms with E-state index in [4.69, 9.17) is 4.79 Å². The van der Waals surface area contributed by atoms with Crippen LogP contribution >= 0.6 is 22.5 Å². The minimum atomic E-state index is 0.656. The summed E-state index contributed by atoms with van der Waals surface area (Å²) in [4.78, 5) is 9.06. The van der Waals surface area contributed by atoms with Crippen LogP contribution in [0.2, 0.25) is 0 Å². The Balaban J connectivity index is 2.30. The van der Waals surface area contributed by atoms with Crippen molar-refractivity contribution in [1.82, 2.24) is 0 Å². The summed E-state index contributed by atoms with van der Waals surface area (Å²) in [6.45, 7) is 0. The molecule has 24 valence electrons. The molecule has 0 aliphatic heterocycles. The van der Waals surface area contributed by atoms with E-state index in [1.54, 1.807) is 0 Å². The smallest absolute Gasteiger partial charge is 0.186 e. The Kier molecular flexibility index (Phi) is 3.68. The van der Waals surface area contributed by atoms with Crippen molar-refractivity contribution in [3.8, 4) is 0 Å². The summed E-state index contributed by atoms with van der Waals surface area (Å²) in [5, 5.41) is 0. The maximum atomic E-state index is 9.06. The average molecular weight is 94.2 g/mol. The van der Waals surface area contributed by atoms with Crippen LogP contribution in [-0.2, 0) is 4.79 Å². The van der Waals surface area contributed by atoms with E-state index in [1.165, 1.54) is 0 Å². The lowest BCUT2D eigenvalue weighted by Gasteiger charge is -1.51. The third-order valence-electron chi connectivity index (χ3n) is 0.0430. The predicted molar refractivity (Wildman–Crippen MR) is 23.3 cm³/mol. The molecule has 0 saturated heterocycles. The van der Waals surface area contributed by atoms with Crippen LogP contribution in [0, 0.1) is 0 Å². The first-order chi connectivity index (χ1) is 1.91. The topological polar surface area (TPSA) is 17.1 Å². The molecule has 0 N–H and O–H groups in total. The van der Waals surface area contributed by atoms with Gasteiger partial charge in [-0.05, 0) is 10.8 Å². The zero-order chi connectivity index (χ0) is 3.41. The second kappa shape index (κ2) is 3.37. The second-order valence-electron chi connectivity index (χ2n) is 0.202. The lowest BCUT2D eigenvalue weighted by molar-refractivity contribution is 0.570. The molecule has 0 bridgehead atoms. The lowest BCUT2D eigenvalue weighted by Crippen LogP contribution is -1.35. The molecule has 0 aliphatic rings. The molecule has 0 fully saturated rings. The monoisotopic (exact) mass is 94.0 g/mol. The highest BCUT2D eigenvalue weighted by atomic mass is 33.1. The van der Waals surface area contributed by atoms with Gasteiger partial charge in [-0.25, -0.2) is 0 Å². The molecule has 0 aromatic heterocycles. The van der Waals surface area contributed by atoms with Gasteiger partial charge in [0.05, 0.1) is 0 Å². The Morgan fingerprint density at radius 1 is 2.00 bits per heavy atom. The van der Waals surface area contributed by atoms with Crippen molar-refractivity contribution in [2.24, 2.45) is 0 Å². The molecule has 3 heteroatoms. The van der Waals surface area contributed by atoms with Crippen molar-refractivity contribution in [3.63, 3.8) is 0 Å². The number of rotatable bonds is 1. The predicted octanol–water partition coefficient (Wildman–Crippen LogP) is 0.755. The summed E-state index contributed by atoms with van der Waals surface area (Å²) >= 11 is 3.47. The summed E-state index contributed by atoms with van der Waals surface area (Å²) in [6, 6.07) is 0. The Bertz CT molecular complexity index is 20.0. The summed E-state index contributed by atoms with van der Waals surface area (Å²) in [5.74, 6) is 0. The Morgan fingerprint density at radius 2 is 2.25 bits per heavy atom. The molecule has 0 atom stereocenters. The molecule has 4 heavy (non-hydrogen) atoms. The normalized spacial score (nSPS) is 6.25. The number of hydrogen-bond donors (Lipinski definition) is 1. The molecule has 0 aromatic carbocycles. The fourth-order valence-corrected chi connectivity index (χ4v) is 0. The van der Waals surface area contributed by atoms with Crippen LogP contribution in [0.15, 0.2) is 0 Å². The van der Waals surface area contributed by atoms with Gasteiger partial charge in [0.1, 0.15) is 0 Å². The number of carbonyl (C=O) groups is 1. The van der Waals surface area contributed by atoms with Crippen LogP contribution in [0.5, 0.6) is 0 Å². The Hall–Kier alpha value is 0.370. The highest BCUT2D eigenvalue weighted by Crippen LogP contribution is 1.93. The molecule has 0 aromatic rings. The number of thiol groups is 1. The van der Waals surface area contributed by atoms with E-state index in [-0.39, 0.29) is 0 Å². The lowest BCUT2D eigenvalue weighted by atomic mass is 11.8. The molecule has 1 nitrogen and oxygen atoms in total. The SMILES string of the molecule is O=CSS. The number of hydrogen-bond acceptors (Lipinski definition) is 3. The minimum Gasteiger partial charge on any atom is -0.290 e. The van der Waals surface area contributed by atoms with Gasteiger partial charge >= 0.3 is 0 Å². The molecular weight excluding hydrogens is 92.1 g/mol. The third kappa shape index (κ3) is 2.37. The van der Waals surface area contributed by atoms with Gasteiger partial charge in [-0.1, -0.05) is 0 Å². The van der Waals surface area contributed by atoms with E-state index < -0.39 is 0 Å². The zero-order valence-corrected chi connectivity index (χ0v) is 3.55. The molecular formula is CH2OS2. The van der Waals surface area contributed by atoms with Crippen molar-refractivity contribution in [2.45, 2.75) is 0 Å². The van der Waals surface area contributed by atoms with E-state index in [2.05, 4.69) is 11.7 Å². The van der Waals surface area contributed by atoms with Crippen LogP contribution in [-0.4, -0.2) is 5.62 Å². The summed E-state index contributed by atoms with van der Waals surface area (Å²) in [6.07, 6.45) is 0. The van der Waals surface area contributed by atoms with Gasteiger partial charge in [-0.2, -0.15) is 0 Å². The summed E-state index contributed by atoms with van der Waals surface area (Å²) < 4.78 is 0. The highest BCUT2D eigenvalue weighted by Gasteiger charge is 1.53. The standard InChI is InChI=1S/CH2OS2/c2-1-4-3/h1,3H. The molecule has 0 heterocycles. The minimum absolute atomic E-state index is 0.656. The fraction of sp³-hybridized carbons (Fsp3) is 0. The van der Waals surface area contributed by atoms with Crippen LogP contribution in [0.1, 0.15) is 0 Å². The van der Waals surface area contributed by atoms with Crippen LogP contribution in [0.4, 0.5) is 0 Å². The molecule has 0 saturated carbocycles. The van der Waals surface area contributed by atoms with E-state index in [0.29, 0.717) is 5.62 Å². The van der Waals surface area contributed by atoms with E-state index >= 15 is 0 Å². The van der Waals surface area contributed by atoms with Gasteiger partial charge in [0.15, 0.2) is 5.62 Å². The van der Waals surface area contributed by atoms with Gasteiger partial charge in [0, 0.05) is 0 Å². The van der Waals surface area contributed by atoms with Crippen LogP contribution < -0.4 is 0 Å². The van der Waals surface area contributed by atoms with Gasteiger partial charge in [-0.3, -0.25) is 4.79 Å². The van der Waals surface area contributed by atoms with Crippen molar-refractivity contribution < 1.29 is 4.79 Å². The van der Waals surface area contributed by atoms with Crippen molar-refractivity contribution in [1.29, 1.82) is 0 Å². The molecule has 0 spiro atoms. The van der Waals surface area contributed by atoms with Crippen LogP contribution in [0.3, 0.4) is 0 Å². The molecule has 0 amide bonds. The van der Waals surface area contributed by atoms with Gasteiger partial charge in [-0.15, -0.1) is 11.7 Å². The first kappa shape index (κ1) is 4.37. The summed E-state index contributed by atoms with van der Waals surface area (Å²) in [7, 11) is 0.870. The Labute approximate surface area is 33.6 Å². The van der Waals surface area contributed by atoms with Crippen molar-refractivity contribution >= 4 is 28.1 Å². The first-order valence-corrected chi connectivity index (χ1v) is 2.59. The van der Waals surface area contributed by atoms with Gasteiger partial charge in [0.25, 0.3) is 0 Å². The zero-order valence-electron chi connectivity index (χ0n) is 1.84. The van der Waals surface area contributed by atoms with Crippen molar-refractivity contribution in [2.75, 3.05) is 0 Å². The van der Waals surface area contributed by atoms with Gasteiger partial charge < -0.3 is 0 Å². The molecule has 0 radical (unpaired) electrons. The average Bonchev–Trinajstić information content (AvgIpc) is 1.37. The quantitative estimate of drug-likeness (QED) is 0.293. The van der Waals surface area contributed by atoms with Crippen molar-refractivity contribution in [3.05, 3.63) is 0 Å². The maximum Gasteiger partial charge on any atom is 0.186 e. The largest absolute Gasteiger partial charge is 0.290 e. The maximum absolute atomic E-state index is 9.06. The van der Waals surface area contributed by atoms with Gasteiger partial charge in [0.2, 0.25) is 0 Å². The van der Waals surface area contributed by atoms with E-state index in [9.17, 15) is 0 Å². The third-order valence-corrected chi connectivity index (χ3v) is 0.387. The summed E-state index contributed by atoms with van der Waals surface area (Å²) in [5.41, 5.74) is 0.656. The fourth-order valence-electron chi connectivity index (χ4n) is 0. The van der Waals surface area contributed by atoms with E-state index in [0.717, 1.165) is 10.8 Å². The number of carbonyl (C=O) groups excluding carboxylic acids is 1. The van der Waals surface area contributed by atoms with E-state index in [1.807, 2.05) is 0 Å². The first-order valence-electron chi connectivity index (χ1n) is 0.654. The Morgan fingerprint density at radius 3 is 2.25 bits per heavy atom. The highest BCUT2D eigenvalue weighted by molar-refractivity contribution is 8.74. The molecule has 0 aliphatic carbocycles. The second-order valence-corrected chi connectivity index (χ2v) is 1.24. The molecule has 0 unspecified atom stereocenters.